The minimum atomic E-state index is -0.602. The van der Waals surface area contributed by atoms with Gasteiger partial charge in [-0.15, -0.1) is 0 Å². The molecule has 170 valence electrons. The van der Waals surface area contributed by atoms with Crippen molar-refractivity contribution in [2.45, 2.75) is 57.1 Å². The first kappa shape index (κ1) is 20.8. The third kappa shape index (κ3) is 3.64. The minimum Gasteiger partial charge on any atom is -0.383 e. The van der Waals surface area contributed by atoms with Gasteiger partial charge in [0.1, 0.15) is 23.9 Å². The zero-order valence-corrected chi connectivity index (χ0v) is 19.4. The standard InChI is InChI=1S/C25H26ClN5O2/c1-25(2)32-21-16(6-4-14-3-5-15-10-17(26)12-28-19(15)9-14)11-20(22(21)33-25)31-8-7-18-23(27)29-13-30-24(18)31/h3,5,7-10,12-13,16,20-22H,4,6,11H2,1-2H3,(H2,27,29,30)/t16-,20+,21+,22-/m0/s1. The van der Waals surface area contributed by atoms with E-state index in [1.807, 2.05) is 26.0 Å². The Kier molecular flexibility index (Phi) is 4.83. The summed E-state index contributed by atoms with van der Waals surface area (Å²) >= 11 is 6.08. The highest BCUT2D eigenvalue weighted by Gasteiger charge is 2.54. The molecule has 1 aliphatic carbocycles. The summed E-state index contributed by atoms with van der Waals surface area (Å²) in [6.07, 6.45) is 8.20. The number of pyridine rings is 1. The average Bonchev–Trinajstić information content (AvgIpc) is 3.44. The Labute approximate surface area is 196 Å². The number of fused-ring (bicyclic) bond motifs is 3. The molecule has 0 amide bonds. The number of hydrogen-bond acceptors (Lipinski definition) is 6. The zero-order valence-electron chi connectivity index (χ0n) is 18.6. The Morgan fingerprint density at radius 3 is 2.85 bits per heavy atom. The van der Waals surface area contributed by atoms with Crippen LogP contribution in [-0.2, 0) is 15.9 Å². The summed E-state index contributed by atoms with van der Waals surface area (Å²) in [6.45, 7) is 3.99. The topological polar surface area (TPSA) is 88.1 Å². The molecule has 6 rings (SSSR count). The van der Waals surface area contributed by atoms with Crippen molar-refractivity contribution in [2.75, 3.05) is 5.73 Å². The lowest BCUT2D eigenvalue weighted by molar-refractivity contribution is -0.160. The molecule has 0 bridgehead atoms. The van der Waals surface area contributed by atoms with Crippen LogP contribution in [0, 0.1) is 5.92 Å². The maximum Gasteiger partial charge on any atom is 0.163 e. The number of aryl methyl sites for hydroxylation is 1. The highest BCUT2D eigenvalue weighted by Crippen LogP contribution is 2.49. The van der Waals surface area contributed by atoms with E-state index in [1.165, 1.54) is 11.9 Å². The molecule has 1 aromatic carbocycles. The van der Waals surface area contributed by atoms with E-state index in [9.17, 15) is 0 Å². The summed E-state index contributed by atoms with van der Waals surface area (Å²) in [5, 5.41) is 2.59. The Morgan fingerprint density at radius 1 is 1.12 bits per heavy atom. The van der Waals surface area contributed by atoms with E-state index in [4.69, 9.17) is 26.8 Å². The summed E-state index contributed by atoms with van der Waals surface area (Å²) in [6, 6.07) is 10.5. The molecule has 2 N–H and O–H groups in total. The van der Waals surface area contributed by atoms with Gasteiger partial charge in [0.25, 0.3) is 0 Å². The summed E-state index contributed by atoms with van der Waals surface area (Å²) < 4.78 is 15.0. The monoisotopic (exact) mass is 463 g/mol. The third-order valence-corrected chi connectivity index (χ3v) is 7.17. The molecule has 4 aromatic rings. The maximum atomic E-state index is 6.40. The van der Waals surface area contributed by atoms with Crippen molar-refractivity contribution in [3.8, 4) is 0 Å². The molecule has 7 nitrogen and oxygen atoms in total. The molecule has 1 saturated heterocycles. The van der Waals surface area contributed by atoms with E-state index < -0.39 is 5.79 Å². The number of halogens is 1. The van der Waals surface area contributed by atoms with Crippen LogP contribution < -0.4 is 5.73 Å². The second kappa shape index (κ2) is 7.65. The third-order valence-electron chi connectivity index (χ3n) is 6.97. The van der Waals surface area contributed by atoms with Crippen molar-refractivity contribution in [3.63, 3.8) is 0 Å². The quantitative estimate of drug-likeness (QED) is 0.461. The molecule has 1 aliphatic heterocycles. The van der Waals surface area contributed by atoms with E-state index in [0.717, 1.165) is 41.2 Å². The molecule has 4 heterocycles. The van der Waals surface area contributed by atoms with E-state index >= 15 is 0 Å². The van der Waals surface area contributed by atoms with E-state index in [1.54, 1.807) is 6.20 Å². The number of anilines is 1. The SMILES string of the molecule is CC1(C)O[C@@H]2[C@@H](CCc3ccc4cc(Cl)cnc4c3)C[C@@H](n3ccc4c(N)ncnc43)[C@@H]2O1. The van der Waals surface area contributed by atoms with Gasteiger partial charge in [0, 0.05) is 17.8 Å². The first-order valence-electron chi connectivity index (χ1n) is 11.3. The number of nitrogen functional groups attached to an aromatic ring is 1. The number of nitrogens with two attached hydrogens (primary N) is 1. The number of rotatable bonds is 4. The smallest absolute Gasteiger partial charge is 0.163 e. The highest BCUT2D eigenvalue weighted by atomic mass is 35.5. The first-order valence-corrected chi connectivity index (χ1v) is 11.7. The molecule has 0 unspecified atom stereocenters. The normalized spacial score (nSPS) is 26.3. The molecule has 1 saturated carbocycles. The lowest BCUT2D eigenvalue weighted by atomic mass is 9.95. The molecule has 4 atom stereocenters. The molecular weight excluding hydrogens is 438 g/mol. The van der Waals surface area contributed by atoms with Crippen molar-refractivity contribution in [2.24, 2.45) is 5.92 Å². The predicted molar refractivity (Wildman–Crippen MR) is 128 cm³/mol. The summed E-state index contributed by atoms with van der Waals surface area (Å²) in [5.41, 5.74) is 9.15. The molecule has 8 heteroatoms. The summed E-state index contributed by atoms with van der Waals surface area (Å²) in [4.78, 5) is 13.1. The zero-order chi connectivity index (χ0) is 22.7. The molecule has 2 fully saturated rings. The Hall–Kier alpha value is -2.74. The van der Waals surface area contributed by atoms with Gasteiger partial charge in [-0.2, -0.15) is 0 Å². The molecule has 0 spiro atoms. The highest BCUT2D eigenvalue weighted by molar-refractivity contribution is 6.31. The van der Waals surface area contributed by atoms with E-state index in [-0.39, 0.29) is 18.2 Å². The van der Waals surface area contributed by atoms with Gasteiger partial charge in [-0.1, -0.05) is 23.7 Å². The molecule has 3 aromatic heterocycles. The fourth-order valence-electron chi connectivity index (χ4n) is 5.52. The minimum absolute atomic E-state index is 0.0304. The van der Waals surface area contributed by atoms with Crippen LogP contribution in [0.4, 0.5) is 5.82 Å². The van der Waals surface area contributed by atoms with Gasteiger partial charge in [0.2, 0.25) is 0 Å². The van der Waals surface area contributed by atoms with Gasteiger partial charge in [-0.3, -0.25) is 4.98 Å². The summed E-state index contributed by atoms with van der Waals surface area (Å²) in [7, 11) is 0. The van der Waals surface area contributed by atoms with Crippen molar-refractivity contribution in [3.05, 3.63) is 59.6 Å². The van der Waals surface area contributed by atoms with Crippen LogP contribution in [-0.4, -0.2) is 37.5 Å². The van der Waals surface area contributed by atoms with Crippen LogP contribution in [0.1, 0.15) is 38.3 Å². The fourth-order valence-corrected chi connectivity index (χ4v) is 5.68. The van der Waals surface area contributed by atoms with Crippen LogP contribution in [0.5, 0.6) is 0 Å². The van der Waals surface area contributed by atoms with Gasteiger partial charge in [-0.05, 0) is 62.8 Å². The van der Waals surface area contributed by atoms with Gasteiger partial charge >= 0.3 is 0 Å². The first-order chi connectivity index (χ1) is 15.9. The van der Waals surface area contributed by atoms with Crippen LogP contribution >= 0.6 is 11.6 Å². The fraction of sp³-hybridized carbons (Fsp3) is 0.400. The molecule has 33 heavy (non-hydrogen) atoms. The lowest BCUT2D eigenvalue weighted by Gasteiger charge is -2.24. The van der Waals surface area contributed by atoms with Crippen LogP contribution in [0.15, 0.2) is 49.1 Å². The van der Waals surface area contributed by atoms with Crippen molar-refractivity contribution in [1.82, 2.24) is 19.5 Å². The van der Waals surface area contributed by atoms with Crippen LogP contribution in [0.3, 0.4) is 0 Å². The number of ether oxygens (including phenoxy) is 2. The van der Waals surface area contributed by atoms with Gasteiger partial charge in [-0.25, -0.2) is 9.97 Å². The number of benzene rings is 1. The summed E-state index contributed by atoms with van der Waals surface area (Å²) in [5.74, 6) is 0.266. The van der Waals surface area contributed by atoms with Crippen molar-refractivity contribution in [1.29, 1.82) is 0 Å². The Balaban J connectivity index is 1.27. The number of hydrogen-bond donors (Lipinski definition) is 1. The number of nitrogens with zero attached hydrogens (tertiary/aromatic N) is 4. The van der Waals surface area contributed by atoms with Crippen molar-refractivity contribution < 1.29 is 9.47 Å². The van der Waals surface area contributed by atoms with Gasteiger partial charge in [0.05, 0.1) is 28.1 Å². The Bertz CT molecular complexity index is 1350. The number of aromatic nitrogens is 4. The molecule has 2 aliphatic rings. The predicted octanol–water partition coefficient (Wildman–Crippen LogP) is 4.93. The van der Waals surface area contributed by atoms with Gasteiger partial charge < -0.3 is 19.8 Å². The second-order valence-corrected chi connectivity index (χ2v) is 10.0. The Morgan fingerprint density at radius 2 is 1.97 bits per heavy atom. The lowest BCUT2D eigenvalue weighted by Crippen LogP contribution is -2.27. The van der Waals surface area contributed by atoms with Crippen LogP contribution in [0.25, 0.3) is 21.9 Å². The molecule has 0 radical (unpaired) electrons. The van der Waals surface area contributed by atoms with Gasteiger partial charge in [0.15, 0.2) is 5.79 Å². The van der Waals surface area contributed by atoms with E-state index in [2.05, 4.69) is 43.9 Å². The maximum absolute atomic E-state index is 6.40. The molecular formula is C25H26ClN5O2. The van der Waals surface area contributed by atoms with Crippen LogP contribution in [0.2, 0.25) is 5.02 Å². The van der Waals surface area contributed by atoms with Crippen molar-refractivity contribution >= 4 is 39.4 Å². The average molecular weight is 464 g/mol. The second-order valence-electron chi connectivity index (χ2n) is 9.57. The largest absolute Gasteiger partial charge is 0.383 e. The van der Waals surface area contributed by atoms with E-state index in [0.29, 0.717) is 16.8 Å².